The first-order valence-corrected chi connectivity index (χ1v) is 12.9. The van der Waals surface area contributed by atoms with Crippen molar-refractivity contribution in [1.29, 1.82) is 0 Å². The number of urea groups is 1. The van der Waals surface area contributed by atoms with E-state index in [-0.39, 0.29) is 31.2 Å². The van der Waals surface area contributed by atoms with E-state index in [1.807, 2.05) is 17.0 Å². The van der Waals surface area contributed by atoms with Gasteiger partial charge in [0.25, 0.3) is 5.91 Å². The summed E-state index contributed by atoms with van der Waals surface area (Å²) in [6.45, 7) is 0.305. The van der Waals surface area contributed by atoms with Crippen LogP contribution < -0.4 is 10.1 Å². The lowest BCUT2D eigenvalue weighted by Crippen LogP contribution is -2.66. The van der Waals surface area contributed by atoms with E-state index in [2.05, 4.69) is 10.1 Å². The van der Waals surface area contributed by atoms with Crippen LogP contribution in [0.5, 0.6) is 5.75 Å². The van der Waals surface area contributed by atoms with Crippen molar-refractivity contribution >= 4 is 35.3 Å². The molecule has 2 N–H and O–H groups in total. The molecule has 2 aromatic carbocycles. The molecule has 0 spiro atoms. The van der Waals surface area contributed by atoms with Gasteiger partial charge in [-0.05, 0) is 41.8 Å². The molecule has 4 rings (SSSR count). The van der Waals surface area contributed by atoms with Gasteiger partial charge in [0.15, 0.2) is 0 Å². The molecule has 0 saturated carbocycles. The summed E-state index contributed by atoms with van der Waals surface area (Å²) in [4.78, 5) is 30.9. The Morgan fingerprint density at radius 1 is 1.14 bits per heavy atom. The van der Waals surface area contributed by atoms with Crippen LogP contribution in [0.3, 0.4) is 0 Å². The van der Waals surface area contributed by atoms with Gasteiger partial charge in [-0.1, -0.05) is 35.9 Å². The molecule has 2 aromatic rings. The lowest BCUT2D eigenvalue weighted by atomic mass is 10.1. The van der Waals surface area contributed by atoms with Gasteiger partial charge in [-0.15, -0.1) is 24.9 Å². The maximum Gasteiger partial charge on any atom is 0.573 e. The molecule has 2 fully saturated rings. The minimum absolute atomic E-state index is 0.0975. The third-order valence-electron chi connectivity index (χ3n) is 6.10. The summed E-state index contributed by atoms with van der Waals surface area (Å²) in [5, 5.41) is 13.1. The van der Waals surface area contributed by atoms with E-state index in [9.17, 15) is 27.9 Å². The first-order valence-electron chi connectivity index (χ1n) is 11.5. The molecule has 2 aliphatic rings. The number of halogens is 4. The molecule has 2 aliphatic heterocycles. The maximum atomic E-state index is 13.5. The number of ether oxygens (including phenoxy) is 1. The highest BCUT2D eigenvalue weighted by molar-refractivity contribution is 7.99. The largest absolute Gasteiger partial charge is 0.573 e. The fraction of sp³-hybridized carbons (Fsp3) is 0.417. The van der Waals surface area contributed by atoms with Crippen LogP contribution in [0.4, 0.5) is 18.0 Å². The lowest BCUT2D eigenvalue weighted by molar-refractivity contribution is -0.274. The number of alkyl halides is 3. The number of carbonyl (C=O) groups is 2. The molecule has 0 aromatic heterocycles. The first-order chi connectivity index (χ1) is 17.6. The van der Waals surface area contributed by atoms with E-state index in [0.717, 1.165) is 10.5 Å². The minimum atomic E-state index is -4.79. The highest BCUT2D eigenvalue weighted by Gasteiger charge is 2.54. The van der Waals surface area contributed by atoms with Gasteiger partial charge in [-0.25, -0.2) is 4.79 Å². The van der Waals surface area contributed by atoms with Gasteiger partial charge < -0.3 is 14.7 Å². The number of fused-ring (bicyclic) bond motifs is 1. The molecule has 37 heavy (non-hydrogen) atoms. The Morgan fingerprint density at radius 3 is 2.54 bits per heavy atom. The van der Waals surface area contributed by atoms with E-state index in [0.29, 0.717) is 22.9 Å². The second-order valence-electron chi connectivity index (χ2n) is 8.67. The zero-order valence-electron chi connectivity index (χ0n) is 19.8. The second kappa shape index (κ2) is 11.5. The number of hydrogen-bond donors (Lipinski definition) is 2. The molecule has 3 amide bonds. The quantitative estimate of drug-likeness (QED) is 0.484. The monoisotopic (exact) mass is 558 g/mol. The average molecular weight is 559 g/mol. The number of carbonyl (C=O) groups excluding carboxylic acids is 2. The zero-order chi connectivity index (χ0) is 26.7. The number of benzene rings is 2. The highest BCUT2D eigenvalue weighted by atomic mass is 35.5. The number of imide groups is 1. The number of rotatable bonds is 9. The van der Waals surface area contributed by atoms with Crippen LogP contribution in [0, 0.1) is 0 Å². The molecule has 2 heterocycles. The Balaban J connectivity index is 1.57. The fourth-order valence-corrected chi connectivity index (χ4v) is 5.68. The first kappa shape index (κ1) is 27.5. The van der Waals surface area contributed by atoms with Crippen molar-refractivity contribution in [2.24, 2.45) is 0 Å². The Hall–Kier alpha value is -2.51. The molecular formula is C24H26ClF3N4O4S. The van der Waals surface area contributed by atoms with Crippen LogP contribution in [0.1, 0.15) is 17.5 Å². The Kier molecular flexibility index (Phi) is 8.54. The molecule has 3 atom stereocenters. The fourth-order valence-electron chi connectivity index (χ4n) is 4.39. The van der Waals surface area contributed by atoms with Crippen LogP contribution >= 0.6 is 23.4 Å². The summed E-state index contributed by atoms with van der Waals surface area (Å²) in [5.74, 6) is -0.355. The highest BCUT2D eigenvalue weighted by Crippen LogP contribution is 2.35. The average Bonchev–Trinajstić information content (AvgIpc) is 3.20. The van der Waals surface area contributed by atoms with Gasteiger partial charge in [0.2, 0.25) is 0 Å². The Morgan fingerprint density at radius 2 is 1.86 bits per heavy atom. The number of nitrogens with one attached hydrogen (secondary N) is 1. The Bertz CT molecular complexity index is 1120. The van der Waals surface area contributed by atoms with Crippen LogP contribution in [0.25, 0.3) is 0 Å². The van der Waals surface area contributed by atoms with E-state index in [1.165, 1.54) is 34.9 Å². The normalized spacial score (nSPS) is 22.5. The van der Waals surface area contributed by atoms with Crippen LogP contribution in [-0.2, 0) is 17.1 Å². The SMILES string of the molecule is CN1C(=O)N(CCCO)C(=O)C2C1NC(SCc1cccc(OC(F)(F)F)c1)N2Cc1ccc(Cl)cc1. The number of likely N-dealkylation sites (N-methyl/N-ethyl adjacent to an activating group) is 1. The van der Waals surface area contributed by atoms with Crippen LogP contribution in [0.2, 0.25) is 5.02 Å². The van der Waals surface area contributed by atoms with E-state index in [4.69, 9.17) is 11.6 Å². The lowest BCUT2D eigenvalue weighted by Gasteiger charge is -2.41. The predicted molar refractivity (Wildman–Crippen MR) is 132 cm³/mol. The molecule has 3 unspecified atom stereocenters. The maximum absolute atomic E-state index is 13.5. The summed E-state index contributed by atoms with van der Waals surface area (Å²) in [7, 11) is 1.61. The molecule has 0 aliphatic carbocycles. The predicted octanol–water partition coefficient (Wildman–Crippen LogP) is 3.83. The van der Waals surface area contributed by atoms with Crippen molar-refractivity contribution in [1.82, 2.24) is 20.0 Å². The van der Waals surface area contributed by atoms with Crippen molar-refractivity contribution in [3.63, 3.8) is 0 Å². The molecule has 8 nitrogen and oxygen atoms in total. The summed E-state index contributed by atoms with van der Waals surface area (Å²) in [6, 6.07) is 11.8. The van der Waals surface area contributed by atoms with Crippen molar-refractivity contribution in [2.45, 2.75) is 42.8 Å². The molecule has 2 saturated heterocycles. The number of nitrogens with zero attached hydrogens (tertiary/aromatic N) is 3. The third kappa shape index (κ3) is 6.50. The Labute approximate surface area is 221 Å². The van der Waals surface area contributed by atoms with Crippen LogP contribution in [0.15, 0.2) is 48.5 Å². The van der Waals surface area contributed by atoms with Crippen LogP contribution in [-0.4, -0.2) is 76.0 Å². The van der Waals surface area contributed by atoms with Gasteiger partial charge in [-0.2, -0.15) is 0 Å². The summed E-state index contributed by atoms with van der Waals surface area (Å²) >= 11 is 7.42. The minimum Gasteiger partial charge on any atom is -0.406 e. The zero-order valence-corrected chi connectivity index (χ0v) is 21.4. The van der Waals surface area contributed by atoms with E-state index in [1.54, 1.807) is 25.2 Å². The number of aliphatic hydroxyl groups excluding tert-OH is 1. The van der Waals surface area contributed by atoms with E-state index >= 15 is 0 Å². The summed E-state index contributed by atoms with van der Waals surface area (Å²) in [5.41, 5.74) is 1.07. The van der Waals surface area contributed by atoms with Gasteiger partial charge >= 0.3 is 12.4 Å². The van der Waals surface area contributed by atoms with Crippen molar-refractivity contribution in [3.8, 4) is 5.75 Å². The molecule has 0 radical (unpaired) electrons. The molecule has 200 valence electrons. The van der Waals surface area contributed by atoms with Gasteiger partial charge in [0, 0.05) is 37.5 Å². The van der Waals surface area contributed by atoms with Gasteiger partial charge in [0.05, 0.1) is 0 Å². The topological polar surface area (TPSA) is 85.3 Å². The van der Waals surface area contributed by atoms with Gasteiger partial charge in [0.1, 0.15) is 23.5 Å². The second-order valence-corrected chi connectivity index (χ2v) is 10.2. The third-order valence-corrected chi connectivity index (χ3v) is 7.57. The number of aliphatic hydroxyl groups is 1. The van der Waals surface area contributed by atoms with Crippen molar-refractivity contribution in [3.05, 3.63) is 64.7 Å². The van der Waals surface area contributed by atoms with Crippen molar-refractivity contribution in [2.75, 3.05) is 20.2 Å². The number of hydrogen-bond acceptors (Lipinski definition) is 7. The molecule has 13 heteroatoms. The summed E-state index contributed by atoms with van der Waals surface area (Å²) < 4.78 is 41.9. The molecule has 0 bridgehead atoms. The number of amides is 3. The van der Waals surface area contributed by atoms with E-state index < -0.39 is 30.1 Å². The van der Waals surface area contributed by atoms with Crippen molar-refractivity contribution < 1.29 is 32.6 Å². The molecular weight excluding hydrogens is 533 g/mol. The summed E-state index contributed by atoms with van der Waals surface area (Å²) in [6.07, 6.45) is -5.12. The standard InChI is InChI=1S/C24H26ClF3N4O4S/c1-30-20-19(21(34)31(23(30)35)10-3-11-33)32(13-15-6-8-17(25)9-7-15)22(29-20)37-14-16-4-2-5-18(12-16)36-24(26,27)28/h2,4-9,12,19-20,22,29,33H,3,10-11,13-14H2,1H3. The van der Waals surface area contributed by atoms with Gasteiger partial charge in [-0.3, -0.25) is 19.9 Å². The number of thioether (sulfide) groups is 1. The smallest absolute Gasteiger partial charge is 0.406 e.